The minimum atomic E-state index is -3.57. The smallest absolute Gasteiger partial charge is 0.395 e. The first-order valence-corrected chi connectivity index (χ1v) is 7.06. The van der Waals surface area contributed by atoms with E-state index in [9.17, 15) is 8.78 Å². The van der Waals surface area contributed by atoms with Gasteiger partial charge >= 0.3 is 6.29 Å². The van der Waals surface area contributed by atoms with Crippen molar-refractivity contribution >= 4 is 33.0 Å². The molecule has 1 N–H and O–H groups in total. The van der Waals surface area contributed by atoms with Crippen molar-refractivity contribution in [1.29, 1.82) is 0 Å². The summed E-state index contributed by atoms with van der Waals surface area (Å²) < 4.78 is 35.5. The highest BCUT2D eigenvalue weighted by Gasteiger charge is 2.43. The van der Waals surface area contributed by atoms with Crippen molar-refractivity contribution in [3.05, 3.63) is 39.0 Å². The summed E-state index contributed by atoms with van der Waals surface area (Å²) in [7, 11) is 0. The summed E-state index contributed by atoms with van der Waals surface area (Å²) in [6, 6.07) is 6.63. The van der Waals surface area contributed by atoms with Crippen LogP contribution in [0.5, 0.6) is 11.5 Å². The van der Waals surface area contributed by atoms with E-state index in [2.05, 4.69) is 30.7 Å². The minimum absolute atomic E-state index is 0.0431. The predicted molar refractivity (Wildman–Crippen MR) is 72.0 cm³/mol. The predicted octanol–water partition coefficient (Wildman–Crippen LogP) is 4.44. The highest BCUT2D eigenvalue weighted by Crippen LogP contribution is 2.42. The highest BCUT2D eigenvalue weighted by atomic mass is 79.9. The Morgan fingerprint density at radius 2 is 2.00 bits per heavy atom. The van der Waals surface area contributed by atoms with E-state index in [1.165, 1.54) is 12.1 Å². The van der Waals surface area contributed by atoms with Crippen LogP contribution < -0.4 is 14.8 Å². The maximum absolute atomic E-state index is 12.9. The molecule has 1 aliphatic heterocycles. The Labute approximate surface area is 120 Å². The molecular weight excluding hydrogens is 340 g/mol. The van der Waals surface area contributed by atoms with E-state index in [1.54, 1.807) is 17.4 Å². The van der Waals surface area contributed by atoms with Crippen molar-refractivity contribution in [2.75, 3.05) is 5.32 Å². The van der Waals surface area contributed by atoms with Crippen LogP contribution in [0.3, 0.4) is 0 Å². The molecule has 100 valence electrons. The molecule has 0 saturated carbocycles. The first-order valence-electron chi connectivity index (χ1n) is 5.38. The molecule has 0 bridgehead atoms. The average Bonchev–Trinajstić information content (AvgIpc) is 2.87. The fourth-order valence-electron chi connectivity index (χ4n) is 1.70. The first kappa shape index (κ1) is 12.7. The number of nitrogens with one attached hydrogen (secondary N) is 1. The molecular formula is C12H8BrF2NO2S. The van der Waals surface area contributed by atoms with Crippen molar-refractivity contribution < 1.29 is 18.3 Å². The van der Waals surface area contributed by atoms with Crippen LogP contribution in [-0.2, 0) is 6.54 Å². The largest absolute Gasteiger partial charge is 0.586 e. The van der Waals surface area contributed by atoms with Gasteiger partial charge in [0.2, 0.25) is 0 Å². The monoisotopic (exact) mass is 347 g/mol. The summed E-state index contributed by atoms with van der Waals surface area (Å²) in [5.41, 5.74) is 1.81. The second-order valence-electron chi connectivity index (χ2n) is 3.94. The molecule has 19 heavy (non-hydrogen) atoms. The van der Waals surface area contributed by atoms with Crippen LogP contribution in [0, 0.1) is 0 Å². The molecule has 3 rings (SSSR count). The zero-order chi connectivity index (χ0) is 13.5. The summed E-state index contributed by atoms with van der Waals surface area (Å²) in [5, 5.41) is 5.15. The number of hydrogen-bond donors (Lipinski definition) is 1. The zero-order valence-corrected chi connectivity index (χ0v) is 11.9. The Hall–Kier alpha value is -1.34. The van der Waals surface area contributed by atoms with Gasteiger partial charge in [-0.25, -0.2) is 0 Å². The molecule has 0 spiro atoms. The molecule has 0 aliphatic carbocycles. The molecule has 0 unspecified atom stereocenters. The van der Waals surface area contributed by atoms with Gasteiger partial charge in [-0.05, 0) is 45.1 Å². The number of thiophene rings is 1. The second kappa shape index (κ2) is 4.64. The fourth-order valence-corrected chi connectivity index (χ4v) is 2.91. The second-order valence-corrected chi connectivity index (χ2v) is 6.23. The Bertz CT molecular complexity index is 618. The fraction of sp³-hybridized carbons (Fsp3) is 0.167. The summed E-state index contributed by atoms with van der Waals surface area (Å²) in [4.78, 5) is 0. The number of alkyl halides is 2. The van der Waals surface area contributed by atoms with Crippen LogP contribution in [0.15, 0.2) is 33.4 Å². The lowest BCUT2D eigenvalue weighted by molar-refractivity contribution is -0.286. The lowest BCUT2D eigenvalue weighted by Gasteiger charge is -2.05. The van der Waals surface area contributed by atoms with Crippen LogP contribution in [-0.4, -0.2) is 6.29 Å². The zero-order valence-electron chi connectivity index (χ0n) is 9.45. The topological polar surface area (TPSA) is 30.5 Å². The third-order valence-electron chi connectivity index (χ3n) is 2.52. The van der Waals surface area contributed by atoms with E-state index in [0.29, 0.717) is 12.2 Å². The Kier molecular flexibility index (Phi) is 3.10. The van der Waals surface area contributed by atoms with Gasteiger partial charge in [-0.3, -0.25) is 0 Å². The Morgan fingerprint density at radius 3 is 2.74 bits per heavy atom. The molecule has 1 aromatic carbocycles. The molecule has 0 fully saturated rings. The number of rotatable bonds is 3. The standard InChI is InChI=1S/C12H8BrF2NO2S/c13-11-3-7(6-19-11)5-16-8-1-2-9-10(4-8)18-12(14,15)17-9/h1-4,6,16H,5H2. The number of anilines is 1. The molecule has 1 aromatic heterocycles. The van der Waals surface area contributed by atoms with Gasteiger partial charge in [-0.2, -0.15) is 0 Å². The van der Waals surface area contributed by atoms with Gasteiger partial charge in [0.15, 0.2) is 11.5 Å². The molecule has 0 amide bonds. The first-order chi connectivity index (χ1) is 9.02. The summed E-state index contributed by atoms with van der Waals surface area (Å²) in [6.45, 7) is 0.609. The number of benzene rings is 1. The molecule has 0 atom stereocenters. The van der Waals surface area contributed by atoms with Gasteiger partial charge in [0.05, 0.1) is 3.79 Å². The Balaban J connectivity index is 1.70. The number of hydrogen-bond acceptors (Lipinski definition) is 4. The molecule has 2 aromatic rings. The Morgan fingerprint density at radius 1 is 1.21 bits per heavy atom. The normalized spacial score (nSPS) is 15.5. The van der Waals surface area contributed by atoms with E-state index >= 15 is 0 Å². The van der Waals surface area contributed by atoms with Gasteiger partial charge in [-0.15, -0.1) is 20.1 Å². The van der Waals surface area contributed by atoms with Crippen molar-refractivity contribution in [2.24, 2.45) is 0 Å². The van der Waals surface area contributed by atoms with Gasteiger partial charge < -0.3 is 14.8 Å². The van der Waals surface area contributed by atoms with E-state index in [1.807, 2.05) is 11.4 Å². The molecule has 2 heterocycles. The lowest BCUT2D eigenvalue weighted by Crippen LogP contribution is -2.25. The van der Waals surface area contributed by atoms with Crippen LogP contribution in [0.4, 0.5) is 14.5 Å². The molecule has 7 heteroatoms. The number of fused-ring (bicyclic) bond motifs is 1. The average molecular weight is 348 g/mol. The van der Waals surface area contributed by atoms with E-state index in [0.717, 1.165) is 9.35 Å². The third-order valence-corrected chi connectivity index (χ3v) is 4.07. The van der Waals surface area contributed by atoms with Crippen LogP contribution in [0.1, 0.15) is 5.56 Å². The van der Waals surface area contributed by atoms with Gasteiger partial charge in [0.25, 0.3) is 0 Å². The summed E-state index contributed by atoms with van der Waals surface area (Å²) in [5.74, 6) is 0.0929. The van der Waals surface area contributed by atoms with E-state index in [4.69, 9.17) is 0 Å². The molecule has 1 aliphatic rings. The van der Waals surface area contributed by atoms with Crippen molar-refractivity contribution in [1.82, 2.24) is 0 Å². The van der Waals surface area contributed by atoms with Crippen LogP contribution in [0.2, 0.25) is 0 Å². The lowest BCUT2D eigenvalue weighted by atomic mass is 10.2. The maximum Gasteiger partial charge on any atom is 0.586 e. The van der Waals surface area contributed by atoms with Gasteiger partial charge in [0, 0.05) is 18.3 Å². The number of halogens is 3. The van der Waals surface area contributed by atoms with Crippen LogP contribution in [0.25, 0.3) is 0 Å². The quantitative estimate of drug-likeness (QED) is 0.889. The minimum Gasteiger partial charge on any atom is -0.395 e. The summed E-state index contributed by atoms with van der Waals surface area (Å²) >= 11 is 4.97. The summed E-state index contributed by atoms with van der Waals surface area (Å²) in [6.07, 6.45) is -3.57. The maximum atomic E-state index is 12.9. The molecule has 3 nitrogen and oxygen atoms in total. The third kappa shape index (κ3) is 2.82. The van der Waals surface area contributed by atoms with Crippen molar-refractivity contribution in [3.63, 3.8) is 0 Å². The highest BCUT2D eigenvalue weighted by molar-refractivity contribution is 9.11. The number of ether oxygens (including phenoxy) is 2. The molecule has 0 saturated heterocycles. The van der Waals surface area contributed by atoms with E-state index < -0.39 is 6.29 Å². The van der Waals surface area contributed by atoms with Gasteiger partial charge in [0.1, 0.15) is 0 Å². The van der Waals surface area contributed by atoms with Crippen LogP contribution >= 0.6 is 27.3 Å². The van der Waals surface area contributed by atoms with E-state index in [-0.39, 0.29) is 11.5 Å². The van der Waals surface area contributed by atoms with Gasteiger partial charge in [-0.1, -0.05) is 0 Å². The van der Waals surface area contributed by atoms with Crippen molar-refractivity contribution in [2.45, 2.75) is 12.8 Å². The van der Waals surface area contributed by atoms with Crippen molar-refractivity contribution in [3.8, 4) is 11.5 Å². The SMILES string of the molecule is FC1(F)Oc2ccc(NCc3csc(Br)c3)cc2O1. The molecule has 0 radical (unpaired) electrons.